The van der Waals surface area contributed by atoms with E-state index < -0.39 is 23.6 Å². The summed E-state index contributed by atoms with van der Waals surface area (Å²) in [4.78, 5) is 23.7. The number of carbonyl (C=O) groups is 2. The van der Waals surface area contributed by atoms with Gasteiger partial charge in [0.2, 0.25) is 0 Å². The van der Waals surface area contributed by atoms with Crippen LogP contribution in [0.4, 0.5) is 18.9 Å². The average Bonchev–Trinajstić information content (AvgIpc) is 2.56. The van der Waals surface area contributed by atoms with Crippen LogP contribution in [0.15, 0.2) is 42.5 Å². The third-order valence-corrected chi connectivity index (χ3v) is 3.49. The van der Waals surface area contributed by atoms with Crippen LogP contribution in [0.25, 0.3) is 0 Å². The number of anilines is 1. The van der Waals surface area contributed by atoms with Crippen LogP contribution < -0.4 is 5.32 Å². The number of esters is 1. The second-order valence-electron chi connectivity index (χ2n) is 4.95. The van der Waals surface area contributed by atoms with E-state index in [1.165, 1.54) is 24.3 Å². The smallest absolute Gasteiger partial charge is 0.416 e. The maximum Gasteiger partial charge on any atom is 0.416 e. The second-order valence-corrected chi connectivity index (χ2v) is 5.35. The van der Waals surface area contributed by atoms with Crippen LogP contribution in [0.2, 0.25) is 5.02 Å². The van der Waals surface area contributed by atoms with Crippen molar-refractivity contribution >= 4 is 29.2 Å². The van der Waals surface area contributed by atoms with Crippen molar-refractivity contribution in [1.29, 1.82) is 0 Å². The molecule has 0 spiro atoms. The Balaban J connectivity index is 2.20. The van der Waals surface area contributed by atoms with Crippen molar-refractivity contribution in [3.05, 3.63) is 64.2 Å². The van der Waals surface area contributed by atoms with Crippen molar-refractivity contribution in [2.24, 2.45) is 0 Å². The summed E-state index contributed by atoms with van der Waals surface area (Å²) in [5.41, 5.74) is -0.731. The minimum absolute atomic E-state index is 0.0610. The minimum atomic E-state index is -4.55. The Bertz CT molecular complexity index is 806. The summed E-state index contributed by atoms with van der Waals surface area (Å²) in [7, 11) is 0. The number of halogens is 4. The maximum absolute atomic E-state index is 12.7. The molecular weight excluding hydrogens is 359 g/mol. The van der Waals surface area contributed by atoms with Crippen LogP contribution in [-0.4, -0.2) is 18.5 Å². The highest BCUT2D eigenvalue weighted by Crippen LogP contribution is 2.30. The Morgan fingerprint density at radius 3 is 2.44 bits per heavy atom. The summed E-state index contributed by atoms with van der Waals surface area (Å²) < 4.78 is 43.0. The molecule has 25 heavy (non-hydrogen) atoms. The standard InChI is InChI=1S/C17H13ClF3NO3/c1-2-25-16(24)11-6-7-14(13(18)9-11)22-15(23)10-4-3-5-12(8-10)17(19,20)21/h3-9H,2H2,1H3,(H,22,23). The molecule has 0 fully saturated rings. The summed E-state index contributed by atoms with van der Waals surface area (Å²) in [5, 5.41) is 2.47. The fourth-order valence-corrected chi connectivity index (χ4v) is 2.22. The van der Waals surface area contributed by atoms with Gasteiger partial charge in [-0.1, -0.05) is 17.7 Å². The lowest BCUT2D eigenvalue weighted by atomic mass is 10.1. The van der Waals surface area contributed by atoms with E-state index >= 15 is 0 Å². The molecule has 8 heteroatoms. The summed E-state index contributed by atoms with van der Waals surface area (Å²) in [6, 6.07) is 8.09. The van der Waals surface area contributed by atoms with E-state index in [9.17, 15) is 22.8 Å². The molecule has 0 aliphatic heterocycles. The highest BCUT2D eigenvalue weighted by atomic mass is 35.5. The topological polar surface area (TPSA) is 55.4 Å². The van der Waals surface area contributed by atoms with Crippen molar-refractivity contribution in [3.63, 3.8) is 0 Å². The Morgan fingerprint density at radius 2 is 1.84 bits per heavy atom. The molecule has 0 heterocycles. The Hall–Kier alpha value is -2.54. The van der Waals surface area contributed by atoms with E-state index in [-0.39, 0.29) is 28.4 Å². The molecule has 0 atom stereocenters. The Morgan fingerprint density at radius 1 is 1.12 bits per heavy atom. The molecule has 2 aromatic rings. The Labute approximate surface area is 146 Å². The monoisotopic (exact) mass is 371 g/mol. The van der Waals surface area contributed by atoms with Gasteiger partial charge in [-0.25, -0.2) is 4.79 Å². The first-order valence-electron chi connectivity index (χ1n) is 7.17. The van der Waals surface area contributed by atoms with Gasteiger partial charge in [0, 0.05) is 5.56 Å². The lowest BCUT2D eigenvalue weighted by molar-refractivity contribution is -0.137. The number of benzene rings is 2. The largest absolute Gasteiger partial charge is 0.462 e. The van der Waals surface area contributed by atoms with Gasteiger partial charge in [-0.05, 0) is 43.3 Å². The van der Waals surface area contributed by atoms with Gasteiger partial charge in [-0.2, -0.15) is 13.2 Å². The molecule has 132 valence electrons. The molecule has 0 radical (unpaired) electrons. The number of alkyl halides is 3. The van der Waals surface area contributed by atoms with Crippen LogP contribution in [0.3, 0.4) is 0 Å². The molecule has 2 rings (SSSR count). The molecule has 1 amide bonds. The minimum Gasteiger partial charge on any atom is -0.462 e. The fourth-order valence-electron chi connectivity index (χ4n) is 1.99. The van der Waals surface area contributed by atoms with Gasteiger partial charge in [0.1, 0.15) is 0 Å². The van der Waals surface area contributed by atoms with E-state index in [4.69, 9.17) is 16.3 Å². The number of hydrogen-bond donors (Lipinski definition) is 1. The molecule has 1 N–H and O–H groups in total. The van der Waals surface area contributed by atoms with Crippen LogP contribution >= 0.6 is 11.6 Å². The first-order valence-corrected chi connectivity index (χ1v) is 7.55. The van der Waals surface area contributed by atoms with E-state index in [2.05, 4.69) is 5.32 Å². The number of hydrogen-bond acceptors (Lipinski definition) is 3. The summed E-state index contributed by atoms with van der Waals surface area (Å²) in [5.74, 6) is -1.32. The molecule has 0 bridgehead atoms. The Kier molecular flexibility index (Phi) is 5.69. The molecule has 2 aromatic carbocycles. The quantitative estimate of drug-likeness (QED) is 0.786. The number of rotatable bonds is 4. The van der Waals surface area contributed by atoms with Gasteiger partial charge >= 0.3 is 12.1 Å². The van der Waals surface area contributed by atoms with Gasteiger partial charge in [-0.3, -0.25) is 4.79 Å². The highest BCUT2D eigenvalue weighted by Gasteiger charge is 2.30. The molecule has 0 saturated heterocycles. The van der Waals surface area contributed by atoms with E-state index in [1.807, 2.05) is 0 Å². The van der Waals surface area contributed by atoms with Gasteiger partial charge in [0.25, 0.3) is 5.91 Å². The van der Waals surface area contributed by atoms with Crippen molar-refractivity contribution < 1.29 is 27.5 Å². The number of nitrogens with one attached hydrogen (secondary N) is 1. The molecule has 0 aliphatic rings. The van der Waals surface area contributed by atoms with Crippen molar-refractivity contribution in [1.82, 2.24) is 0 Å². The second kappa shape index (κ2) is 7.57. The van der Waals surface area contributed by atoms with Crippen molar-refractivity contribution in [2.45, 2.75) is 13.1 Å². The number of ether oxygens (including phenoxy) is 1. The molecule has 0 aromatic heterocycles. The molecule has 0 saturated carbocycles. The number of amides is 1. The van der Waals surface area contributed by atoms with Crippen LogP contribution in [0.1, 0.15) is 33.2 Å². The predicted octanol–water partition coefficient (Wildman–Crippen LogP) is 4.79. The first kappa shape index (κ1) is 18.8. The molecule has 0 aliphatic carbocycles. The molecule has 4 nitrogen and oxygen atoms in total. The van der Waals surface area contributed by atoms with E-state index in [1.54, 1.807) is 6.92 Å². The van der Waals surface area contributed by atoms with Gasteiger partial charge < -0.3 is 10.1 Å². The lowest BCUT2D eigenvalue weighted by Gasteiger charge is -2.11. The van der Waals surface area contributed by atoms with Crippen molar-refractivity contribution in [3.8, 4) is 0 Å². The van der Waals surface area contributed by atoms with Crippen LogP contribution in [0, 0.1) is 0 Å². The van der Waals surface area contributed by atoms with E-state index in [0.717, 1.165) is 18.2 Å². The molecule has 0 unspecified atom stereocenters. The third kappa shape index (κ3) is 4.73. The van der Waals surface area contributed by atoms with Crippen molar-refractivity contribution in [2.75, 3.05) is 11.9 Å². The van der Waals surface area contributed by atoms with Gasteiger partial charge in [0.15, 0.2) is 0 Å². The van der Waals surface area contributed by atoms with Crippen LogP contribution in [0.5, 0.6) is 0 Å². The summed E-state index contributed by atoms with van der Waals surface area (Å²) >= 11 is 6.01. The van der Waals surface area contributed by atoms with E-state index in [0.29, 0.717) is 0 Å². The van der Waals surface area contributed by atoms with Gasteiger partial charge in [0.05, 0.1) is 28.4 Å². The highest BCUT2D eigenvalue weighted by molar-refractivity contribution is 6.34. The van der Waals surface area contributed by atoms with Crippen LogP contribution in [-0.2, 0) is 10.9 Å². The molecular formula is C17H13ClF3NO3. The number of carbonyl (C=O) groups excluding carboxylic acids is 2. The normalized spacial score (nSPS) is 11.1. The average molecular weight is 372 g/mol. The lowest BCUT2D eigenvalue weighted by Crippen LogP contribution is -2.14. The third-order valence-electron chi connectivity index (χ3n) is 3.18. The first-order chi connectivity index (χ1) is 11.7. The fraction of sp³-hybridized carbons (Fsp3) is 0.176. The zero-order valence-corrected chi connectivity index (χ0v) is 13.7. The zero-order chi connectivity index (χ0) is 18.6. The maximum atomic E-state index is 12.7. The SMILES string of the molecule is CCOC(=O)c1ccc(NC(=O)c2cccc(C(F)(F)F)c2)c(Cl)c1. The predicted molar refractivity (Wildman–Crippen MR) is 86.8 cm³/mol. The van der Waals surface area contributed by atoms with Gasteiger partial charge in [-0.15, -0.1) is 0 Å². The summed E-state index contributed by atoms with van der Waals surface area (Å²) in [6.07, 6.45) is -4.55. The zero-order valence-electron chi connectivity index (χ0n) is 13.0. The summed E-state index contributed by atoms with van der Waals surface area (Å²) in [6.45, 7) is 1.85.